The van der Waals surface area contributed by atoms with Crippen LogP contribution >= 0.6 is 0 Å². The zero-order valence-electron chi connectivity index (χ0n) is 10.8. The standard InChI is InChI=1S/C13H26N2/c1-12(2,3)9-15-7-5-13(6-8-15)10-14(4)11-13/h5-11H2,1-4H3. The van der Waals surface area contributed by atoms with Gasteiger partial charge in [-0.15, -0.1) is 0 Å². The normalized spacial score (nSPS) is 28.0. The summed E-state index contributed by atoms with van der Waals surface area (Å²) >= 11 is 0. The van der Waals surface area contributed by atoms with Crippen LogP contribution < -0.4 is 0 Å². The fourth-order valence-corrected chi connectivity index (χ4v) is 3.27. The van der Waals surface area contributed by atoms with E-state index >= 15 is 0 Å². The summed E-state index contributed by atoms with van der Waals surface area (Å²) in [4.78, 5) is 5.11. The predicted octanol–water partition coefficient (Wildman–Crippen LogP) is 2.06. The molecule has 0 aromatic carbocycles. The van der Waals surface area contributed by atoms with Crippen molar-refractivity contribution in [2.45, 2.75) is 33.6 Å². The van der Waals surface area contributed by atoms with Gasteiger partial charge in [-0.1, -0.05) is 20.8 Å². The molecule has 0 aliphatic carbocycles. The first-order chi connectivity index (χ1) is 6.89. The molecule has 0 N–H and O–H groups in total. The van der Waals surface area contributed by atoms with Crippen molar-refractivity contribution in [2.75, 3.05) is 39.8 Å². The minimum atomic E-state index is 0.459. The Morgan fingerprint density at radius 2 is 1.60 bits per heavy atom. The number of rotatable bonds is 1. The molecule has 0 saturated carbocycles. The van der Waals surface area contributed by atoms with E-state index in [1.165, 1.54) is 45.6 Å². The molecule has 2 heteroatoms. The quantitative estimate of drug-likeness (QED) is 0.653. The van der Waals surface area contributed by atoms with Gasteiger partial charge in [0.1, 0.15) is 0 Å². The summed E-state index contributed by atoms with van der Waals surface area (Å²) in [6.45, 7) is 13.6. The van der Waals surface area contributed by atoms with Crippen molar-refractivity contribution in [3.63, 3.8) is 0 Å². The number of piperidine rings is 1. The van der Waals surface area contributed by atoms with Crippen LogP contribution in [-0.2, 0) is 0 Å². The Morgan fingerprint density at radius 1 is 1.07 bits per heavy atom. The Labute approximate surface area is 94.6 Å². The maximum atomic E-state index is 2.66. The summed E-state index contributed by atoms with van der Waals surface area (Å²) in [7, 11) is 2.24. The summed E-state index contributed by atoms with van der Waals surface area (Å²) in [5.74, 6) is 0. The van der Waals surface area contributed by atoms with E-state index in [9.17, 15) is 0 Å². The highest BCUT2D eigenvalue weighted by Crippen LogP contribution is 2.39. The molecule has 0 bridgehead atoms. The molecule has 2 fully saturated rings. The monoisotopic (exact) mass is 210 g/mol. The molecule has 0 amide bonds. The van der Waals surface area contributed by atoms with Crippen LogP contribution in [0.5, 0.6) is 0 Å². The molecule has 2 saturated heterocycles. The van der Waals surface area contributed by atoms with Crippen molar-refractivity contribution < 1.29 is 0 Å². The Morgan fingerprint density at radius 3 is 2.00 bits per heavy atom. The van der Waals surface area contributed by atoms with E-state index in [0.29, 0.717) is 10.8 Å². The second-order valence-electron chi connectivity index (χ2n) is 7.01. The molecule has 2 nitrogen and oxygen atoms in total. The Bertz CT molecular complexity index is 213. The van der Waals surface area contributed by atoms with Crippen LogP contribution in [0.2, 0.25) is 0 Å². The predicted molar refractivity (Wildman–Crippen MR) is 65.1 cm³/mol. The van der Waals surface area contributed by atoms with Gasteiger partial charge in [0, 0.05) is 19.6 Å². The van der Waals surface area contributed by atoms with Crippen molar-refractivity contribution in [3.05, 3.63) is 0 Å². The molecule has 88 valence electrons. The van der Waals surface area contributed by atoms with Gasteiger partial charge in [-0.2, -0.15) is 0 Å². The van der Waals surface area contributed by atoms with Gasteiger partial charge in [-0.3, -0.25) is 0 Å². The van der Waals surface area contributed by atoms with Crippen molar-refractivity contribution >= 4 is 0 Å². The van der Waals surface area contributed by atoms with Crippen LogP contribution in [0.1, 0.15) is 33.6 Å². The van der Waals surface area contributed by atoms with Crippen molar-refractivity contribution in [1.82, 2.24) is 9.80 Å². The summed E-state index contributed by atoms with van der Waals surface area (Å²) in [5.41, 5.74) is 1.17. The molecule has 0 aromatic heterocycles. The van der Waals surface area contributed by atoms with E-state index in [2.05, 4.69) is 37.6 Å². The molecule has 15 heavy (non-hydrogen) atoms. The van der Waals surface area contributed by atoms with Crippen molar-refractivity contribution in [2.24, 2.45) is 10.8 Å². The summed E-state index contributed by atoms with van der Waals surface area (Å²) in [6.07, 6.45) is 2.85. The molecular formula is C13H26N2. The van der Waals surface area contributed by atoms with E-state index in [-0.39, 0.29) is 0 Å². The first-order valence-corrected chi connectivity index (χ1v) is 6.30. The summed E-state index contributed by atoms with van der Waals surface area (Å²) < 4.78 is 0. The maximum absolute atomic E-state index is 2.66. The zero-order valence-corrected chi connectivity index (χ0v) is 10.8. The van der Waals surface area contributed by atoms with Crippen LogP contribution in [0, 0.1) is 10.8 Å². The molecule has 2 aliphatic rings. The van der Waals surface area contributed by atoms with Crippen molar-refractivity contribution in [1.29, 1.82) is 0 Å². The van der Waals surface area contributed by atoms with Crippen molar-refractivity contribution in [3.8, 4) is 0 Å². The fraction of sp³-hybridized carbons (Fsp3) is 1.00. The largest absolute Gasteiger partial charge is 0.305 e. The van der Waals surface area contributed by atoms with Gasteiger partial charge in [0.05, 0.1) is 0 Å². The summed E-state index contributed by atoms with van der Waals surface area (Å²) in [5, 5.41) is 0. The first-order valence-electron chi connectivity index (χ1n) is 6.30. The average Bonchev–Trinajstić information content (AvgIpc) is 2.04. The minimum absolute atomic E-state index is 0.459. The van der Waals surface area contributed by atoms with Crippen LogP contribution in [0.15, 0.2) is 0 Å². The summed E-state index contributed by atoms with van der Waals surface area (Å²) in [6, 6.07) is 0. The molecule has 0 radical (unpaired) electrons. The molecule has 2 aliphatic heterocycles. The topological polar surface area (TPSA) is 6.48 Å². The third-order valence-corrected chi connectivity index (χ3v) is 3.83. The zero-order chi connectivity index (χ0) is 11.1. The van der Waals surface area contributed by atoms with Crippen LogP contribution in [-0.4, -0.2) is 49.6 Å². The molecule has 0 atom stereocenters. The van der Waals surface area contributed by atoms with Crippen LogP contribution in [0.25, 0.3) is 0 Å². The smallest absolute Gasteiger partial charge is 0.00484 e. The van der Waals surface area contributed by atoms with Crippen LogP contribution in [0.4, 0.5) is 0 Å². The SMILES string of the molecule is CN1CC2(CCN(CC(C)(C)C)CC2)C1. The molecule has 0 unspecified atom stereocenters. The highest BCUT2D eigenvalue weighted by molar-refractivity contribution is 4.97. The van der Waals surface area contributed by atoms with Crippen LogP contribution in [0.3, 0.4) is 0 Å². The number of likely N-dealkylation sites (tertiary alicyclic amines) is 2. The lowest BCUT2D eigenvalue weighted by atomic mass is 9.72. The lowest BCUT2D eigenvalue weighted by Gasteiger charge is -2.53. The number of hydrogen-bond donors (Lipinski definition) is 0. The lowest BCUT2D eigenvalue weighted by Crippen LogP contribution is -2.59. The fourth-order valence-electron chi connectivity index (χ4n) is 3.27. The lowest BCUT2D eigenvalue weighted by molar-refractivity contribution is -0.0364. The minimum Gasteiger partial charge on any atom is -0.305 e. The van der Waals surface area contributed by atoms with Gasteiger partial charge in [-0.05, 0) is 43.8 Å². The third kappa shape index (κ3) is 2.73. The molecular weight excluding hydrogens is 184 g/mol. The van der Waals surface area contributed by atoms with E-state index in [1.807, 2.05) is 0 Å². The third-order valence-electron chi connectivity index (χ3n) is 3.83. The van der Waals surface area contributed by atoms with Gasteiger partial charge in [0.2, 0.25) is 0 Å². The highest BCUT2D eigenvalue weighted by Gasteiger charge is 2.43. The molecule has 0 aromatic rings. The molecule has 2 heterocycles. The van der Waals surface area contributed by atoms with Gasteiger partial charge in [-0.25, -0.2) is 0 Å². The van der Waals surface area contributed by atoms with Gasteiger partial charge in [0.25, 0.3) is 0 Å². The number of nitrogens with zero attached hydrogens (tertiary/aromatic N) is 2. The van der Waals surface area contributed by atoms with E-state index in [1.54, 1.807) is 0 Å². The maximum Gasteiger partial charge on any atom is 0.00484 e. The highest BCUT2D eigenvalue weighted by atomic mass is 15.2. The van der Waals surface area contributed by atoms with E-state index < -0.39 is 0 Å². The molecule has 1 spiro atoms. The van der Waals surface area contributed by atoms with E-state index in [0.717, 1.165) is 0 Å². The van der Waals surface area contributed by atoms with Gasteiger partial charge >= 0.3 is 0 Å². The molecule has 2 rings (SSSR count). The average molecular weight is 210 g/mol. The van der Waals surface area contributed by atoms with E-state index in [4.69, 9.17) is 0 Å². The Kier molecular flexibility index (Phi) is 2.85. The Hall–Kier alpha value is -0.0800. The van der Waals surface area contributed by atoms with Gasteiger partial charge < -0.3 is 9.80 Å². The second-order valence-corrected chi connectivity index (χ2v) is 7.01. The second kappa shape index (κ2) is 3.74. The van der Waals surface area contributed by atoms with Gasteiger partial charge in [0.15, 0.2) is 0 Å². The first kappa shape index (κ1) is 11.4. The number of hydrogen-bond acceptors (Lipinski definition) is 2. The Balaban J connectivity index is 1.78.